The summed E-state index contributed by atoms with van der Waals surface area (Å²) in [6.07, 6.45) is -0.0999. The van der Waals surface area contributed by atoms with Gasteiger partial charge in [-0.1, -0.05) is 39.8 Å². The van der Waals surface area contributed by atoms with Gasteiger partial charge in [0, 0.05) is 0 Å². The summed E-state index contributed by atoms with van der Waals surface area (Å²) in [7, 11) is -3.45. The Labute approximate surface area is 192 Å². The standard InChI is InChI=1S/C23H31FN2O3S.H2S/c1-14(2)19-11-17(24)12-20(15(3)4)21(19)13-22(27)26-30(25,29)18-9-7-16(8-10-18)23(5,6)28;/h7-12,14-15,28H,13H2,1-6H3,(H2,25,26,27,29);1H2. The molecular weight excluding hydrogens is 435 g/mol. The first-order valence-corrected chi connectivity index (χ1v) is 11.5. The van der Waals surface area contributed by atoms with Gasteiger partial charge in [-0.05, 0) is 72.2 Å². The average molecular weight is 469 g/mol. The molecule has 0 heterocycles. The second-order valence-corrected chi connectivity index (χ2v) is 10.5. The second-order valence-electron chi connectivity index (χ2n) is 8.69. The predicted octanol–water partition coefficient (Wildman–Crippen LogP) is 4.88. The van der Waals surface area contributed by atoms with E-state index < -0.39 is 21.4 Å². The number of benzene rings is 2. The Bertz CT molecular complexity index is 1020. The van der Waals surface area contributed by atoms with Crippen LogP contribution in [0.2, 0.25) is 0 Å². The number of hydrogen-bond donors (Lipinski definition) is 2. The average Bonchev–Trinajstić information content (AvgIpc) is 2.61. The molecule has 0 saturated heterocycles. The van der Waals surface area contributed by atoms with Crippen molar-refractivity contribution in [2.45, 2.75) is 70.3 Å². The molecular formula is C23H33FN2O3S2. The van der Waals surface area contributed by atoms with E-state index in [0.29, 0.717) is 11.1 Å². The van der Waals surface area contributed by atoms with E-state index in [1.54, 1.807) is 26.0 Å². The molecule has 0 fully saturated rings. The van der Waals surface area contributed by atoms with E-state index in [1.807, 2.05) is 27.7 Å². The lowest BCUT2D eigenvalue weighted by atomic mass is 9.87. The van der Waals surface area contributed by atoms with Crippen molar-refractivity contribution >= 4 is 29.3 Å². The minimum atomic E-state index is -3.45. The molecule has 2 aromatic rings. The zero-order valence-corrected chi connectivity index (χ0v) is 20.7. The highest BCUT2D eigenvalue weighted by Gasteiger charge is 2.20. The molecule has 172 valence electrons. The third-order valence-electron chi connectivity index (χ3n) is 4.99. The van der Waals surface area contributed by atoms with E-state index in [4.69, 9.17) is 5.14 Å². The lowest BCUT2D eigenvalue weighted by molar-refractivity contribution is -0.117. The van der Waals surface area contributed by atoms with Crippen molar-refractivity contribution in [2.24, 2.45) is 9.50 Å². The maximum Gasteiger partial charge on any atom is 0.259 e. The minimum Gasteiger partial charge on any atom is -0.386 e. The molecule has 1 unspecified atom stereocenters. The van der Waals surface area contributed by atoms with Crippen LogP contribution >= 0.6 is 13.5 Å². The van der Waals surface area contributed by atoms with Gasteiger partial charge in [-0.25, -0.2) is 13.7 Å². The lowest BCUT2D eigenvalue weighted by Gasteiger charge is -2.19. The highest BCUT2D eigenvalue weighted by Crippen LogP contribution is 2.30. The van der Waals surface area contributed by atoms with Gasteiger partial charge in [0.05, 0.1) is 16.9 Å². The number of nitrogens with two attached hydrogens (primary N) is 1. The SMILES string of the molecule is CC(C)c1cc(F)cc(C(C)C)c1CC(=O)N=S(N)(=O)c1ccc(C(C)(C)O)cc1.S. The van der Waals surface area contributed by atoms with Crippen molar-refractivity contribution in [1.82, 2.24) is 0 Å². The van der Waals surface area contributed by atoms with Crippen LogP contribution in [0.1, 0.15) is 75.6 Å². The molecule has 0 aliphatic rings. The van der Waals surface area contributed by atoms with Crippen molar-refractivity contribution in [3.05, 3.63) is 64.5 Å². The molecule has 5 nitrogen and oxygen atoms in total. The minimum absolute atomic E-state index is 0. The van der Waals surface area contributed by atoms with Gasteiger partial charge < -0.3 is 5.11 Å². The first-order valence-electron chi connectivity index (χ1n) is 9.95. The van der Waals surface area contributed by atoms with E-state index in [2.05, 4.69) is 4.36 Å². The summed E-state index contributed by atoms with van der Waals surface area (Å²) in [6, 6.07) is 9.10. The second kappa shape index (κ2) is 10.3. The largest absolute Gasteiger partial charge is 0.386 e. The van der Waals surface area contributed by atoms with Crippen LogP contribution in [0.15, 0.2) is 45.7 Å². The molecule has 0 spiro atoms. The highest BCUT2D eigenvalue weighted by atomic mass is 32.2. The van der Waals surface area contributed by atoms with Crippen molar-refractivity contribution in [3.63, 3.8) is 0 Å². The van der Waals surface area contributed by atoms with Crippen molar-refractivity contribution in [1.29, 1.82) is 0 Å². The molecule has 1 atom stereocenters. The Hall–Kier alpha value is -1.74. The summed E-state index contributed by atoms with van der Waals surface area (Å²) in [5.41, 5.74) is 1.76. The fraction of sp³-hybridized carbons (Fsp3) is 0.435. The van der Waals surface area contributed by atoms with Crippen LogP contribution in [-0.4, -0.2) is 15.2 Å². The number of carbonyl (C=O) groups is 1. The molecule has 2 aromatic carbocycles. The fourth-order valence-electron chi connectivity index (χ4n) is 3.36. The molecule has 3 N–H and O–H groups in total. The van der Waals surface area contributed by atoms with E-state index in [-0.39, 0.29) is 42.5 Å². The van der Waals surface area contributed by atoms with Crippen LogP contribution < -0.4 is 5.14 Å². The number of amides is 1. The Morgan fingerprint density at radius 1 is 1.10 bits per heavy atom. The highest BCUT2D eigenvalue weighted by molar-refractivity contribution is 7.91. The van der Waals surface area contributed by atoms with Crippen LogP contribution in [0, 0.1) is 5.82 Å². The summed E-state index contributed by atoms with van der Waals surface area (Å²) >= 11 is 0. The topological polar surface area (TPSA) is 92.8 Å². The number of hydrogen-bond acceptors (Lipinski definition) is 3. The third kappa shape index (κ3) is 6.87. The molecule has 0 aliphatic heterocycles. The maximum atomic E-state index is 14.1. The van der Waals surface area contributed by atoms with Gasteiger partial charge >= 0.3 is 0 Å². The predicted molar refractivity (Wildman–Crippen MR) is 128 cm³/mol. The van der Waals surface area contributed by atoms with Gasteiger partial charge in [0.25, 0.3) is 5.91 Å². The van der Waals surface area contributed by atoms with Crippen LogP contribution in [0.5, 0.6) is 0 Å². The van der Waals surface area contributed by atoms with E-state index in [0.717, 1.165) is 11.1 Å². The number of nitrogens with zero attached hydrogens (tertiary/aromatic N) is 1. The van der Waals surface area contributed by atoms with E-state index >= 15 is 0 Å². The summed E-state index contributed by atoms with van der Waals surface area (Å²) in [5.74, 6) is -0.940. The van der Waals surface area contributed by atoms with Gasteiger partial charge in [-0.2, -0.15) is 13.5 Å². The molecule has 0 radical (unpaired) electrons. The van der Waals surface area contributed by atoms with Crippen LogP contribution in [0.25, 0.3) is 0 Å². The van der Waals surface area contributed by atoms with Crippen molar-refractivity contribution in [3.8, 4) is 0 Å². The summed E-state index contributed by atoms with van der Waals surface area (Å²) in [6.45, 7) is 11.0. The molecule has 0 aromatic heterocycles. The van der Waals surface area contributed by atoms with Gasteiger partial charge in [0.2, 0.25) is 0 Å². The summed E-state index contributed by atoms with van der Waals surface area (Å²) in [4.78, 5) is 12.9. The number of carbonyl (C=O) groups excluding carboxylic acids is 1. The Balaban J connectivity index is 0.00000480. The molecule has 0 bridgehead atoms. The smallest absolute Gasteiger partial charge is 0.259 e. The van der Waals surface area contributed by atoms with Crippen molar-refractivity contribution in [2.75, 3.05) is 0 Å². The van der Waals surface area contributed by atoms with Gasteiger partial charge in [0.15, 0.2) is 0 Å². The Morgan fingerprint density at radius 3 is 1.94 bits per heavy atom. The van der Waals surface area contributed by atoms with E-state index in [9.17, 15) is 18.5 Å². The lowest BCUT2D eigenvalue weighted by Crippen LogP contribution is -2.18. The summed E-state index contributed by atoms with van der Waals surface area (Å²) < 4.78 is 30.8. The quantitative estimate of drug-likeness (QED) is 0.633. The van der Waals surface area contributed by atoms with Crippen LogP contribution in [0.4, 0.5) is 4.39 Å². The Kier molecular flexibility index (Phi) is 9.03. The van der Waals surface area contributed by atoms with Crippen molar-refractivity contribution < 1.29 is 18.5 Å². The molecule has 31 heavy (non-hydrogen) atoms. The van der Waals surface area contributed by atoms with Gasteiger partial charge in [-0.15, -0.1) is 4.36 Å². The fourth-order valence-corrected chi connectivity index (χ4v) is 4.36. The number of rotatable bonds is 6. The molecule has 8 heteroatoms. The Morgan fingerprint density at radius 2 is 1.55 bits per heavy atom. The normalized spacial score (nSPS) is 13.6. The monoisotopic (exact) mass is 468 g/mol. The molecule has 0 saturated carbocycles. The maximum absolute atomic E-state index is 14.1. The third-order valence-corrected chi connectivity index (χ3v) is 6.41. The first kappa shape index (κ1) is 27.3. The molecule has 2 rings (SSSR count). The van der Waals surface area contributed by atoms with Gasteiger partial charge in [0.1, 0.15) is 15.7 Å². The molecule has 0 aliphatic carbocycles. The van der Waals surface area contributed by atoms with E-state index in [1.165, 1.54) is 24.3 Å². The molecule has 1 amide bonds. The number of aliphatic hydroxyl groups is 1. The first-order chi connectivity index (χ1) is 13.7. The zero-order chi connectivity index (χ0) is 22.9. The summed E-state index contributed by atoms with van der Waals surface area (Å²) in [5, 5.41) is 15.9. The number of halogens is 1. The van der Waals surface area contributed by atoms with Gasteiger partial charge in [-0.3, -0.25) is 4.79 Å². The van der Waals surface area contributed by atoms with Crippen LogP contribution in [0.3, 0.4) is 0 Å². The zero-order valence-electron chi connectivity index (χ0n) is 18.9. The van der Waals surface area contributed by atoms with Crippen LogP contribution in [-0.2, 0) is 26.7 Å².